The topological polar surface area (TPSA) is 58.2 Å². The fourth-order valence-corrected chi connectivity index (χ4v) is 19.8. The zero-order valence-electron chi connectivity index (χ0n) is 23.8. The van der Waals surface area contributed by atoms with Crippen LogP contribution in [0.5, 0.6) is 0 Å². The van der Waals surface area contributed by atoms with E-state index in [9.17, 15) is 9.59 Å². The quantitative estimate of drug-likeness (QED) is 0.198. The molecule has 2 aliphatic carbocycles. The molecule has 0 heterocycles. The van der Waals surface area contributed by atoms with Gasteiger partial charge in [-0.3, -0.25) is 0 Å². The minimum Gasteiger partial charge on any atom is -0.147 e. The Morgan fingerprint density at radius 3 is 1.44 bits per heavy atom. The Morgan fingerprint density at radius 1 is 0.778 bits per heavy atom. The van der Waals surface area contributed by atoms with Crippen LogP contribution in [0.25, 0.3) is 0 Å². The second-order valence-corrected chi connectivity index (χ2v) is 27.8. The molecular weight excluding hydrogens is 705 g/mol. The third-order valence-electron chi connectivity index (χ3n) is 5.82. The number of amides is 2. The minimum absolute atomic E-state index is 0. The molecule has 10 heteroatoms. The summed E-state index contributed by atoms with van der Waals surface area (Å²) < 4.78 is 9.63. The average Bonchev–Trinajstić information content (AvgIpc) is 3.39. The third-order valence-corrected chi connectivity index (χ3v) is 17.8. The minimum atomic E-state index is -1.72. The van der Waals surface area contributed by atoms with Gasteiger partial charge in [0, 0.05) is 0 Å². The Labute approximate surface area is 259 Å². The molecule has 0 fully saturated rings. The molecule has 2 rings (SSSR count). The van der Waals surface area contributed by atoms with E-state index in [1.54, 1.807) is 11.1 Å². The van der Waals surface area contributed by atoms with Crippen molar-refractivity contribution >= 4 is 75.5 Å². The normalized spacial score (nSPS) is 14.4. The van der Waals surface area contributed by atoms with Gasteiger partial charge in [0.1, 0.15) is 0 Å². The summed E-state index contributed by atoms with van der Waals surface area (Å²) in [5.74, 6) is 0. The van der Waals surface area contributed by atoms with Crippen LogP contribution in [0.4, 0.5) is 9.59 Å². The molecule has 0 saturated carbocycles. The van der Waals surface area contributed by atoms with E-state index in [1.807, 2.05) is 45.8 Å². The second-order valence-electron chi connectivity index (χ2n) is 11.2. The molecule has 0 saturated heterocycles. The Hall–Kier alpha value is 0.667. The number of allylic oxidation sites excluding steroid dienone is 8. The number of rotatable bonds is 12. The van der Waals surface area contributed by atoms with Gasteiger partial charge >= 0.3 is 237 Å². The van der Waals surface area contributed by atoms with Crippen LogP contribution in [0.1, 0.15) is 65.2 Å². The van der Waals surface area contributed by atoms with E-state index in [4.69, 9.17) is 0 Å². The van der Waals surface area contributed by atoms with Crippen molar-refractivity contribution in [1.82, 2.24) is 6.61 Å². The molecule has 0 aromatic rings. The molecule has 2 amide bonds. The maximum Gasteiger partial charge on any atom is -0.147 e. The summed E-state index contributed by atoms with van der Waals surface area (Å²) in [6.45, 7) is 16.6. The molecular formula is C26H49Cl2InN2O2Si2Zr. The fourth-order valence-electron chi connectivity index (χ4n) is 3.48. The van der Waals surface area contributed by atoms with Crippen molar-refractivity contribution < 1.29 is 32.8 Å². The fraction of sp³-hybridized carbons (Fsp3) is 0.615. The van der Waals surface area contributed by atoms with E-state index in [0.717, 1.165) is 0 Å². The number of halogens is 2. The molecule has 0 bridgehead atoms. The van der Waals surface area contributed by atoms with Crippen LogP contribution in [0.2, 0.25) is 39.3 Å². The molecule has 0 aliphatic heterocycles. The van der Waals surface area contributed by atoms with E-state index in [-0.39, 0.29) is 35.9 Å². The SMILES string of the molecule is CCCCC1=[C]([Zr][C]2=C(CCCC)C=CC2)CC=C1.C[Si](C)(C)C(=O)[NH][InH][NH]C(=O)[Si](C)(C)C.Cl.Cl. The smallest absolute Gasteiger partial charge is 0.147 e. The molecule has 204 valence electrons. The van der Waals surface area contributed by atoms with Crippen molar-refractivity contribution in [1.29, 1.82) is 0 Å². The maximum atomic E-state index is 11.6. The van der Waals surface area contributed by atoms with E-state index < -0.39 is 62.9 Å². The standard InChI is InChI=1S/2C9H13.2C4H11NOSi.2ClH.In.Zr.H/c2*1-2-3-6-9-7-4-5-8-9;2*1-7(2,3)4(5)6;;;;;/h2*4,7H,2-3,5-6H2,1H3;2*1-3H3,(H2,5,6);2*1H;;;/q;;;;;;+2;;/p-2. The zero-order chi connectivity index (χ0) is 25.8. The van der Waals surface area contributed by atoms with Crippen LogP contribution in [0, 0.1) is 0 Å². The van der Waals surface area contributed by atoms with Crippen molar-refractivity contribution in [3.05, 3.63) is 42.0 Å². The second kappa shape index (κ2) is 19.7. The first kappa shape index (κ1) is 38.8. The number of hydrogen-bond donors (Lipinski definition) is 2. The van der Waals surface area contributed by atoms with Crippen molar-refractivity contribution in [3.8, 4) is 0 Å². The zero-order valence-corrected chi connectivity index (χ0v) is 33.9. The molecule has 2 aliphatic rings. The maximum absolute atomic E-state index is 11.6. The number of unbranched alkanes of at least 4 members (excludes halogenated alkanes) is 2. The van der Waals surface area contributed by atoms with Gasteiger partial charge in [0.2, 0.25) is 0 Å². The molecule has 36 heavy (non-hydrogen) atoms. The summed E-state index contributed by atoms with van der Waals surface area (Å²) in [4.78, 5) is 23.1. The molecule has 0 aromatic carbocycles. The van der Waals surface area contributed by atoms with Gasteiger partial charge in [-0.2, -0.15) is 0 Å². The van der Waals surface area contributed by atoms with Crippen molar-refractivity contribution in [3.63, 3.8) is 0 Å². The van der Waals surface area contributed by atoms with Crippen LogP contribution in [0.3, 0.4) is 0 Å². The largest absolute Gasteiger partial charge is 0.147 e. The summed E-state index contributed by atoms with van der Waals surface area (Å²) >= 11 is -2.07. The molecule has 0 aromatic heterocycles. The Kier molecular flexibility index (Phi) is 21.2. The first-order chi connectivity index (χ1) is 15.9. The van der Waals surface area contributed by atoms with E-state index in [2.05, 4.69) is 44.8 Å². The van der Waals surface area contributed by atoms with Gasteiger partial charge in [0.25, 0.3) is 0 Å². The number of nitrogens with one attached hydrogen (secondary N) is 2. The summed E-state index contributed by atoms with van der Waals surface area (Å²) in [6, 6.07) is 0. The molecule has 0 radical (unpaired) electrons. The molecule has 0 unspecified atom stereocenters. The molecule has 0 spiro atoms. The molecule has 0 atom stereocenters. The van der Waals surface area contributed by atoms with E-state index >= 15 is 0 Å². The van der Waals surface area contributed by atoms with E-state index in [1.165, 1.54) is 51.4 Å². The summed E-state index contributed by atoms with van der Waals surface area (Å²) in [6.07, 6.45) is 20.2. The predicted octanol–water partition coefficient (Wildman–Crippen LogP) is 8.23. The summed E-state index contributed by atoms with van der Waals surface area (Å²) in [5.41, 5.74) is 3.77. The van der Waals surface area contributed by atoms with Crippen LogP contribution in [-0.4, -0.2) is 50.7 Å². The van der Waals surface area contributed by atoms with Crippen LogP contribution in [-0.2, 0) is 23.2 Å². The van der Waals surface area contributed by atoms with Gasteiger partial charge < -0.3 is 0 Å². The van der Waals surface area contributed by atoms with Gasteiger partial charge in [-0.05, 0) is 0 Å². The third kappa shape index (κ3) is 15.3. The van der Waals surface area contributed by atoms with Crippen molar-refractivity contribution in [2.24, 2.45) is 0 Å². The van der Waals surface area contributed by atoms with Gasteiger partial charge in [-0.1, -0.05) is 0 Å². The number of carbonyl (C=O) groups is 2. The van der Waals surface area contributed by atoms with Crippen molar-refractivity contribution in [2.75, 3.05) is 0 Å². The van der Waals surface area contributed by atoms with Gasteiger partial charge in [0.15, 0.2) is 0 Å². The first-order valence-corrected chi connectivity index (χ1v) is 26.5. The van der Waals surface area contributed by atoms with Crippen LogP contribution in [0.15, 0.2) is 42.0 Å². The van der Waals surface area contributed by atoms with Crippen molar-refractivity contribution in [2.45, 2.75) is 104 Å². The number of hydrogen-bond acceptors (Lipinski definition) is 2. The molecule has 2 N–H and O–H groups in total. The van der Waals surface area contributed by atoms with Crippen LogP contribution >= 0.6 is 24.8 Å². The summed E-state index contributed by atoms with van der Waals surface area (Å²) in [7, 11) is -3.43. The first-order valence-electron chi connectivity index (χ1n) is 13.0. The Bertz CT molecular complexity index is 767. The van der Waals surface area contributed by atoms with Crippen LogP contribution < -0.4 is 6.61 Å². The summed E-state index contributed by atoms with van der Waals surface area (Å²) in [5, 5.41) is 0. The predicted molar refractivity (Wildman–Crippen MR) is 166 cm³/mol. The van der Waals surface area contributed by atoms with Gasteiger partial charge in [-0.25, -0.2) is 0 Å². The van der Waals surface area contributed by atoms with Gasteiger partial charge in [-0.15, -0.1) is 24.8 Å². The Morgan fingerprint density at radius 2 is 1.14 bits per heavy atom. The molecule has 4 nitrogen and oxygen atoms in total. The monoisotopic (exact) mass is 752 g/mol. The van der Waals surface area contributed by atoms with Gasteiger partial charge in [0.05, 0.1) is 0 Å². The Balaban J connectivity index is 0. The number of carbonyl (C=O) groups excluding carboxylic acids is 2. The van der Waals surface area contributed by atoms with E-state index in [0.29, 0.717) is 0 Å². The average molecular weight is 755 g/mol.